The largest absolute Gasteiger partial charge is 0.378 e. The van der Waals surface area contributed by atoms with Crippen LogP contribution in [0.2, 0.25) is 0 Å². The van der Waals surface area contributed by atoms with E-state index in [9.17, 15) is 4.79 Å². The molecular formula is C24H28N8O2S. The van der Waals surface area contributed by atoms with Crippen molar-refractivity contribution in [2.24, 2.45) is 0 Å². The van der Waals surface area contributed by atoms with Crippen molar-refractivity contribution in [3.8, 4) is 5.82 Å². The van der Waals surface area contributed by atoms with Gasteiger partial charge in [-0.25, -0.2) is 19.3 Å². The van der Waals surface area contributed by atoms with Crippen LogP contribution in [0.3, 0.4) is 0 Å². The van der Waals surface area contributed by atoms with E-state index in [1.807, 2.05) is 30.0 Å². The zero-order valence-corrected chi connectivity index (χ0v) is 20.6. The van der Waals surface area contributed by atoms with Crippen molar-refractivity contribution in [1.82, 2.24) is 29.6 Å². The Balaban J connectivity index is 1.40. The number of hydrogen-bond donors (Lipinski definition) is 2. The number of ether oxygens (including phenoxy) is 1. The van der Waals surface area contributed by atoms with Gasteiger partial charge in [0, 0.05) is 42.9 Å². The van der Waals surface area contributed by atoms with Gasteiger partial charge in [0.15, 0.2) is 16.6 Å². The number of aromatic nitrogens is 5. The highest BCUT2D eigenvalue weighted by atomic mass is 32.1. The minimum atomic E-state index is -0.122. The van der Waals surface area contributed by atoms with Crippen LogP contribution >= 0.6 is 11.3 Å². The van der Waals surface area contributed by atoms with Crippen molar-refractivity contribution in [1.29, 1.82) is 0 Å². The average molecular weight is 493 g/mol. The summed E-state index contributed by atoms with van der Waals surface area (Å²) in [5, 5.41) is 10.1. The van der Waals surface area contributed by atoms with Gasteiger partial charge in [0.25, 0.3) is 5.56 Å². The third kappa shape index (κ3) is 4.09. The van der Waals surface area contributed by atoms with Crippen molar-refractivity contribution in [3.63, 3.8) is 0 Å². The molecule has 0 atom stereocenters. The first-order chi connectivity index (χ1) is 17.1. The zero-order valence-electron chi connectivity index (χ0n) is 19.8. The van der Waals surface area contributed by atoms with E-state index in [0.29, 0.717) is 36.0 Å². The SMILES string of the molecule is CC(C)n1c(=O)c2cnc(Nc3ccc4c(c3)CCNC4)nc2n1-c1csc(N2CCOCC2)n1. The molecule has 0 radical (unpaired) electrons. The van der Waals surface area contributed by atoms with Gasteiger partial charge in [0.2, 0.25) is 5.95 Å². The molecule has 4 aromatic rings. The summed E-state index contributed by atoms with van der Waals surface area (Å²) >= 11 is 1.57. The molecule has 0 saturated carbocycles. The summed E-state index contributed by atoms with van der Waals surface area (Å²) in [4.78, 5) is 29.6. The summed E-state index contributed by atoms with van der Waals surface area (Å²) in [5.41, 5.74) is 4.01. The summed E-state index contributed by atoms with van der Waals surface area (Å²) in [6, 6.07) is 6.26. The third-order valence-electron chi connectivity index (χ3n) is 6.44. The Morgan fingerprint density at radius 3 is 2.86 bits per heavy atom. The van der Waals surface area contributed by atoms with E-state index >= 15 is 0 Å². The predicted octanol–water partition coefficient (Wildman–Crippen LogP) is 2.85. The Morgan fingerprint density at radius 1 is 1.17 bits per heavy atom. The summed E-state index contributed by atoms with van der Waals surface area (Å²) in [5.74, 6) is 1.13. The molecule has 2 N–H and O–H groups in total. The molecule has 35 heavy (non-hydrogen) atoms. The monoisotopic (exact) mass is 492 g/mol. The van der Waals surface area contributed by atoms with Gasteiger partial charge in [-0.05, 0) is 50.1 Å². The van der Waals surface area contributed by atoms with E-state index in [2.05, 4.69) is 32.7 Å². The first kappa shape index (κ1) is 22.2. The normalized spacial score (nSPS) is 16.1. The first-order valence-electron chi connectivity index (χ1n) is 12.0. The molecule has 2 aliphatic heterocycles. The van der Waals surface area contributed by atoms with Gasteiger partial charge in [0.05, 0.1) is 13.2 Å². The second-order valence-electron chi connectivity index (χ2n) is 9.11. The molecule has 10 nitrogen and oxygen atoms in total. The molecule has 5 heterocycles. The van der Waals surface area contributed by atoms with Crippen LogP contribution in [-0.2, 0) is 17.7 Å². The second kappa shape index (κ2) is 9.06. The van der Waals surface area contributed by atoms with E-state index in [0.717, 1.165) is 43.4 Å². The maximum absolute atomic E-state index is 13.3. The van der Waals surface area contributed by atoms with Crippen molar-refractivity contribution in [3.05, 3.63) is 51.3 Å². The van der Waals surface area contributed by atoms with Crippen molar-refractivity contribution in [2.45, 2.75) is 32.9 Å². The minimum Gasteiger partial charge on any atom is -0.378 e. The van der Waals surface area contributed by atoms with Crippen LogP contribution in [0.15, 0.2) is 34.6 Å². The smallest absolute Gasteiger partial charge is 0.278 e. The summed E-state index contributed by atoms with van der Waals surface area (Å²) < 4.78 is 9.00. The lowest BCUT2D eigenvalue weighted by Crippen LogP contribution is -2.36. The Kier molecular flexibility index (Phi) is 5.75. The van der Waals surface area contributed by atoms with Crippen molar-refractivity contribution in [2.75, 3.05) is 43.1 Å². The molecule has 3 aromatic heterocycles. The van der Waals surface area contributed by atoms with Gasteiger partial charge in [-0.1, -0.05) is 6.07 Å². The van der Waals surface area contributed by atoms with Crippen LogP contribution in [0.25, 0.3) is 16.9 Å². The summed E-state index contributed by atoms with van der Waals surface area (Å²) in [6.45, 7) is 8.86. The lowest BCUT2D eigenvalue weighted by atomic mass is 10.0. The number of hydrogen-bond acceptors (Lipinski definition) is 9. The Morgan fingerprint density at radius 2 is 2.03 bits per heavy atom. The van der Waals surface area contributed by atoms with Gasteiger partial charge in [-0.3, -0.25) is 4.79 Å². The van der Waals surface area contributed by atoms with Crippen LogP contribution in [0.4, 0.5) is 16.8 Å². The number of fused-ring (bicyclic) bond motifs is 2. The lowest BCUT2D eigenvalue weighted by Gasteiger charge is -2.26. The number of nitrogens with one attached hydrogen (secondary N) is 2. The quantitative estimate of drug-likeness (QED) is 0.439. The van der Waals surface area contributed by atoms with Crippen LogP contribution in [-0.4, -0.2) is 57.2 Å². The van der Waals surface area contributed by atoms with Gasteiger partial charge in [0.1, 0.15) is 5.39 Å². The highest BCUT2D eigenvalue weighted by Crippen LogP contribution is 2.27. The summed E-state index contributed by atoms with van der Waals surface area (Å²) in [6.07, 6.45) is 2.61. The maximum atomic E-state index is 13.3. The van der Waals surface area contributed by atoms with Crippen LogP contribution in [0.5, 0.6) is 0 Å². The standard InChI is InChI=1S/C24H28N8O2S/c1-15(2)31-22(33)19-13-26-23(27-18-4-3-17-12-25-6-5-16(17)11-18)29-21(19)32(31)20-14-35-24(28-20)30-7-9-34-10-8-30/h3-4,11,13-15,25H,5-10,12H2,1-2H3,(H,26,27,29). The highest BCUT2D eigenvalue weighted by molar-refractivity contribution is 7.14. The van der Waals surface area contributed by atoms with E-state index in [1.54, 1.807) is 22.2 Å². The van der Waals surface area contributed by atoms with Gasteiger partial charge < -0.3 is 20.3 Å². The first-order valence-corrected chi connectivity index (χ1v) is 12.8. The van der Waals surface area contributed by atoms with Gasteiger partial charge in [-0.15, -0.1) is 11.3 Å². The molecule has 0 bridgehead atoms. The number of morpholine rings is 1. The second-order valence-corrected chi connectivity index (χ2v) is 9.95. The molecule has 6 rings (SSSR count). The van der Waals surface area contributed by atoms with Crippen LogP contribution < -0.4 is 21.1 Å². The third-order valence-corrected chi connectivity index (χ3v) is 7.33. The van der Waals surface area contributed by atoms with E-state index in [4.69, 9.17) is 14.7 Å². The lowest BCUT2D eigenvalue weighted by molar-refractivity contribution is 0.122. The molecular weight excluding hydrogens is 464 g/mol. The van der Waals surface area contributed by atoms with E-state index in [1.165, 1.54) is 11.1 Å². The van der Waals surface area contributed by atoms with Crippen LogP contribution in [0, 0.1) is 0 Å². The molecule has 182 valence electrons. The molecule has 11 heteroatoms. The molecule has 2 aliphatic rings. The van der Waals surface area contributed by atoms with E-state index in [-0.39, 0.29) is 11.6 Å². The Hall–Kier alpha value is -3.28. The zero-order chi connectivity index (χ0) is 23.9. The van der Waals surface area contributed by atoms with Crippen molar-refractivity contribution >= 4 is 39.1 Å². The molecule has 1 aromatic carbocycles. The fourth-order valence-electron chi connectivity index (χ4n) is 4.68. The number of benzene rings is 1. The Bertz CT molecular complexity index is 1430. The number of thiazole rings is 1. The maximum Gasteiger partial charge on any atom is 0.278 e. The Labute approximate surface area is 206 Å². The van der Waals surface area contributed by atoms with Gasteiger partial charge in [-0.2, -0.15) is 4.98 Å². The molecule has 1 fully saturated rings. The average Bonchev–Trinajstić information content (AvgIpc) is 3.47. The topological polar surface area (TPSA) is 102 Å². The highest BCUT2D eigenvalue weighted by Gasteiger charge is 2.23. The number of nitrogens with zero attached hydrogens (tertiary/aromatic N) is 6. The summed E-state index contributed by atoms with van der Waals surface area (Å²) in [7, 11) is 0. The minimum absolute atomic E-state index is 0.0732. The molecule has 0 spiro atoms. The molecule has 0 amide bonds. The molecule has 0 unspecified atom stereocenters. The van der Waals surface area contributed by atoms with Crippen LogP contribution in [0.1, 0.15) is 31.0 Å². The molecule has 1 saturated heterocycles. The fraction of sp³-hybridized carbons (Fsp3) is 0.417. The van der Waals surface area contributed by atoms with Gasteiger partial charge >= 0.3 is 0 Å². The van der Waals surface area contributed by atoms with E-state index < -0.39 is 0 Å². The molecule has 0 aliphatic carbocycles. The van der Waals surface area contributed by atoms with Crippen molar-refractivity contribution < 1.29 is 4.74 Å². The predicted molar refractivity (Wildman–Crippen MR) is 137 cm³/mol. The number of anilines is 3. The fourth-order valence-corrected chi connectivity index (χ4v) is 5.52. The number of rotatable bonds is 5.